The van der Waals surface area contributed by atoms with Gasteiger partial charge in [-0.2, -0.15) is 0 Å². The summed E-state index contributed by atoms with van der Waals surface area (Å²) in [4.78, 5) is 16.2. The van der Waals surface area contributed by atoms with Crippen LogP contribution < -0.4 is 5.73 Å². The summed E-state index contributed by atoms with van der Waals surface area (Å²) in [5.74, 6) is -0.183. The van der Waals surface area contributed by atoms with Gasteiger partial charge in [-0.05, 0) is 40.3 Å². The normalized spacial score (nSPS) is 22.2. The van der Waals surface area contributed by atoms with Crippen molar-refractivity contribution in [3.8, 4) is 0 Å². The highest BCUT2D eigenvalue weighted by molar-refractivity contribution is 6.05. The smallest absolute Gasteiger partial charge is 0.235 e. The molecule has 1 heterocycles. The van der Waals surface area contributed by atoms with Gasteiger partial charge in [0, 0.05) is 19.6 Å². The van der Waals surface area contributed by atoms with Crippen LogP contribution in [0, 0.1) is 5.41 Å². The van der Waals surface area contributed by atoms with Crippen LogP contribution in [-0.4, -0.2) is 60.0 Å². The van der Waals surface area contributed by atoms with Crippen LogP contribution in [0.5, 0.6) is 0 Å². The number of amides is 1. The minimum atomic E-state index is -0.972. The molecule has 1 aliphatic rings. The Morgan fingerprint density at radius 3 is 2.67 bits per heavy atom. The number of hydrogen-bond donors (Lipinski definition) is 2. The number of oxime groups is 1. The van der Waals surface area contributed by atoms with Crippen molar-refractivity contribution >= 4 is 11.7 Å². The maximum absolute atomic E-state index is 12.3. The highest BCUT2D eigenvalue weighted by atomic mass is 16.4. The first-order valence-electron chi connectivity index (χ1n) is 6.24. The summed E-state index contributed by atoms with van der Waals surface area (Å²) >= 11 is 0. The van der Waals surface area contributed by atoms with Gasteiger partial charge >= 0.3 is 0 Å². The van der Waals surface area contributed by atoms with E-state index >= 15 is 0 Å². The van der Waals surface area contributed by atoms with E-state index in [1.165, 1.54) is 6.42 Å². The number of likely N-dealkylation sites (N-methyl/N-ethyl adjacent to an activating group) is 2. The van der Waals surface area contributed by atoms with Crippen molar-refractivity contribution < 1.29 is 10.0 Å². The van der Waals surface area contributed by atoms with Crippen LogP contribution >= 0.6 is 0 Å². The standard InChI is InChI=1S/C12H24N4O2/c1-12(2,10(13)14-18)11(17)16(4)8-9-6-5-7-15(9)3/h9,18H,5-8H2,1-4H3,(H2,13,14). The van der Waals surface area contributed by atoms with Crippen LogP contribution in [0.4, 0.5) is 0 Å². The number of amidine groups is 1. The van der Waals surface area contributed by atoms with E-state index in [0.29, 0.717) is 12.6 Å². The van der Waals surface area contributed by atoms with Crippen LogP contribution in [0.15, 0.2) is 5.16 Å². The molecule has 104 valence electrons. The first kappa shape index (κ1) is 14.8. The Labute approximate surface area is 108 Å². The zero-order valence-electron chi connectivity index (χ0n) is 11.7. The molecule has 1 unspecified atom stereocenters. The molecule has 6 nitrogen and oxygen atoms in total. The van der Waals surface area contributed by atoms with Gasteiger partial charge in [-0.25, -0.2) is 0 Å². The van der Waals surface area contributed by atoms with E-state index in [9.17, 15) is 4.79 Å². The molecule has 1 atom stereocenters. The lowest BCUT2D eigenvalue weighted by molar-refractivity contribution is -0.136. The third-order valence-corrected chi connectivity index (χ3v) is 3.79. The maximum Gasteiger partial charge on any atom is 0.235 e. The summed E-state index contributed by atoms with van der Waals surface area (Å²) < 4.78 is 0. The molecule has 0 radical (unpaired) electrons. The quantitative estimate of drug-likeness (QED) is 0.328. The van der Waals surface area contributed by atoms with Crippen molar-refractivity contribution in [2.75, 3.05) is 27.2 Å². The minimum Gasteiger partial charge on any atom is -0.409 e. The van der Waals surface area contributed by atoms with Gasteiger partial charge in [0.15, 0.2) is 5.84 Å². The Bertz CT molecular complexity index is 341. The highest BCUT2D eigenvalue weighted by Gasteiger charge is 2.36. The molecular formula is C12H24N4O2. The summed E-state index contributed by atoms with van der Waals surface area (Å²) in [6, 6.07) is 0.405. The Morgan fingerprint density at radius 2 is 2.22 bits per heavy atom. The average Bonchev–Trinajstić information content (AvgIpc) is 2.72. The molecule has 0 bridgehead atoms. The predicted octanol–water partition coefficient (Wildman–Crippen LogP) is 0.312. The second-order valence-electron chi connectivity index (χ2n) is 5.57. The zero-order valence-corrected chi connectivity index (χ0v) is 11.7. The fourth-order valence-electron chi connectivity index (χ4n) is 2.32. The van der Waals surface area contributed by atoms with E-state index in [0.717, 1.165) is 13.0 Å². The summed E-state index contributed by atoms with van der Waals surface area (Å²) in [7, 11) is 3.84. The average molecular weight is 256 g/mol. The SMILES string of the molecule is CN(CC1CCCN1C)C(=O)C(C)(C)C(N)=NO. The molecule has 0 aromatic rings. The van der Waals surface area contributed by atoms with Crippen LogP contribution in [0.25, 0.3) is 0 Å². The van der Waals surface area contributed by atoms with E-state index in [4.69, 9.17) is 10.9 Å². The Morgan fingerprint density at radius 1 is 1.61 bits per heavy atom. The van der Waals surface area contributed by atoms with E-state index < -0.39 is 5.41 Å². The molecule has 0 saturated carbocycles. The van der Waals surface area contributed by atoms with Gasteiger partial charge < -0.3 is 20.7 Å². The van der Waals surface area contributed by atoms with Crippen LogP contribution in [-0.2, 0) is 4.79 Å². The highest BCUT2D eigenvalue weighted by Crippen LogP contribution is 2.21. The lowest BCUT2D eigenvalue weighted by Crippen LogP contribution is -2.49. The first-order chi connectivity index (χ1) is 8.30. The number of rotatable bonds is 4. The summed E-state index contributed by atoms with van der Waals surface area (Å²) in [5, 5.41) is 11.7. The van der Waals surface area contributed by atoms with Gasteiger partial charge in [-0.15, -0.1) is 0 Å². The molecule has 1 amide bonds. The van der Waals surface area contributed by atoms with Crippen molar-refractivity contribution in [3.05, 3.63) is 0 Å². The van der Waals surface area contributed by atoms with Crippen LogP contribution in [0.1, 0.15) is 26.7 Å². The fraction of sp³-hybridized carbons (Fsp3) is 0.833. The van der Waals surface area contributed by atoms with Gasteiger partial charge in [0.05, 0.1) is 0 Å². The van der Waals surface area contributed by atoms with Crippen molar-refractivity contribution in [1.82, 2.24) is 9.80 Å². The Hall–Kier alpha value is -1.30. The number of hydrogen-bond acceptors (Lipinski definition) is 4. The monoisotopic (exact) mass is 256 g/mol. The van der Waals surface area contributed by atoms with Crippen molar-refractivity contribution in [1.29, 1.82) is 0 Å². The van der Waals surface area contributed by atoms with Crippen molar-refractivity contribution in [2.45, 2.75) is 32.7 Å². The first-order valence-corrected chi connectivity index (χ1v) is 6.24. The molecule has 1 fully saturated rings. The second kappa shape index (κ2) is 5.56. The number of nitrogens with zero attached hydrogens (tertiary/aromatic N) is 3. The van der Waals surface area contributed by atoms with Crippen molar-refractivity contribution in [3.63, 3.8) is 0 Å². The Kier molecular flexibility index (Phi) is 4.56. The molecule has 1 saturated heterocycles. The van der Waals surface area contributed by atoms with Gasteiger partial charge in [0.25, 0.3) is 0 Å². The molecule has 0 spiro atoms. The number of carbonyl (C=O) groups is 1. The number of likely N-dealkylation sites (tertiary alicyclic amines) is 1. The molecule has 0 aromatic heterocycles. The largest absolute Gasteiger partial charge is 0.409 e. The molecule has 1 rings (SSSR count). The van der Waals surface area contributed by atoms with E-state index in [2.05, 4.69) is 17.1 Å². The molecular weight excluding hydrogens is 232 g/mol. The summed E-state index contributed by atoms with van der Waals surface area (Å²) in [5.41, 5.74) is 4.60. The third-order valence-electron chi connectivity index (χ3n) is 3.79. The molecule has 18 heavy (non-hydrogen) atoms. The molecule has 6 heteroatoms. The molecule has 0 aliphatic carbocycles. The van der Waals surface area contributed by atoms with Crippen LogP contribution in [0.3, 0.4) is 0 Å². The van der Waals surface area contributed by atoms with E-state index in [1.54, 1.807) is 25.8 Å². The maximum atomic E-state index is 12.3. The topological polar surface area (TPSA) is 82.2 Å². The predicted molar refractivity (Wildman–Crippen MR) is 70.5 cm³/mol. The van der Waals surface area contributed by atoms with Gasteiger partial charge in [0.1, 0.15) is 5.41 Å². The van der Waals surface area contributed by atoms with Gasteiger partial charge in [-0.1, -0.05) is 5.16 Å². The lowest BCUT2D eigenvalue weighted by atomic mass is 9.90. The van der Waals surface area contributed by atoms with Gasteiger partial charge in [-0.3, -0.25) is 4.79 Å². The second-order valence-corrected chi connectivity index (χ2v) is 5.57. The lowest BCUT2D eigenvalue weighted by Gasteiger charge is -2.31. The van der Waals surface area contributed by atoms with E-state index in [-0.39, 0.29) is 11.7 Å². The van der Waals surface area contributed by atoms with Crippen LogP contribution in [0.2, 0.25) is 0 Å². The van der Waals surface area contributed by atoms with E-state index in [1.807, 2.05) is 0 Å². The number of nitrogens with two attached hydrogens (primary N) is 1. The summed E-state index contributed by atoms with van der Waals surface area (Å²) in [6.07, 6.45) is 2.28. The zero-order chi connectivity index (χ0) is 13.9. The summed E-state index contributed by atoms with van der Waals surface area (Å²) in [6.45, 7) is 5.09. The third kappa shape index (κ3) is 2.93. The minimum absolute atomic E-state index is 0.0564. The van der Waals surface area contributed by atoms with Gasteiger partial charge in [0.2, 0.25) is 5.91 Å². The molecule has 1 aliphatic heterocycles. The fourth-order valence-corrected chi connectivity index (χ4v) is 2.32. The molecule has 0 aromatic carbocycles. The number of carbonyl (C=O) groups excluding carboxylic acids is 1. The Balaban J connectivity index is 2.66. The van der Waals surface area contributed by atoms with Crippen molar-refractivity contribution in [2.24, 2.45) is 16.3 Å². The molecule has 3 N–H and O–H groups in total.